The molecule has 1 unspecified atom stereocenters. The van der Waals surface area contributed by atoms with Gasteiger partial charge in [0.15, 0.2) is 0 Å². The highest BCUT2D eigenvalue weighted by Gasteiger charge is 2.37. The predicted octanol–water partition coefficient (Wildman–Crippen LogP) is 2.09. The minimum atomic E-state index is -0.398. The summed E-state index contributed by atoms with van der Waals surface area (Å²) in [5, 5.41) is 1.98. The Bertz CT molecular complexity index is 477. The van der Waals surface area contributed by atoms with Crippen LogP contribution in [0.2, 0.25) is 0 Å². The molecule has 18 heavy (non-hydrogen) atoms. The van der Waals surface area contributed by atoms with Crippen LogP contribution in [0.5, 0.6) is 0 Å². The smallest absolute Gasteiger partial charge is 0.325 e. The number of hydrogen-bond acceptors (Lipinski definition) is 4. The lowest BCUT2D eigenvalue weighted by atomic mass is 10.2. The van der Waals surface area contributed by atoms with Gasteiger partial charge in [0, 0.05) is 28.3 Å². The third-order valence-electron chi connectivity index (χ3n) is 2.90. The van der Waals surface area contributed by atoms with Crippen molar-refractivity contribution in [3.8, 4) is 0 Å². The lowest BCUT2D eigenvalue weighted by Gasteiger charge is -2.15. The van der Waals surface area contributed by atoms with Crippen molar-refractivity contribution in [2.45, 2.75) is 6.04 Å². The fraction of sp³-hybridized carbons (Fsp3) is 0.455. The van der Waals surface area contributed by atoms with Crippen molar-refractivity contribution in [2.75, 3.05) is 27.2 Å². The topological polar surface area (TPSA) is 49.9 Å². The quantitative estimate of drug-likeness (QED) is 0.796. The van der Waals surface area contributed by atoms with E-state index < -0.39 is 5.97 Å². The van der Waals surface area contributed by atoms with E-state index in [1.807, 2.05) is 11.4 Å². The van der Waals surface area contributed by atoms with Crippen LogP contribution in [0, 0.1) is 0 Å². The number of carbonyl (C=O) groups is 2. The number of carbonyl (C=O) groups excluding carboxylic acids is 2. The highest BCUT2D eigenvalue weighted by Crippen LogP contribution is 2.33. The molecule has 0 bridgehead atoms. The second-order valence-corrected chi connectivity index (χ2v) is 5.89. The zero-order valence-electron chi connectivity index (χ0n) is 10.1. The summed E-state index contributed by atoms with van der Waals surface area (Å²) in [4.78, 5) is 27.5. The van der Waals surface area contributed by atoms with Crippen LogP contribution in [-0.4, -0.2) is 49.0 Å². The van der Waals surface area contributed by atoms with Crippen LogP contribution < -0.4 is 0 Å². The molecule has 0 aliphatic carbocycles. The van der Waals surface area contributed by atoms with Gasteiger partial charge in [-0.25, -0.2) is 4.79 Å². The van der Waals surface area contributed by atoms with Gasteiger partial charge in [-0.15, -0.1) is 11.3 Å². The van der Waals surface area contributed by atoms with E-state index in [9.17, 15) is 9.59 Å². The van der Waals surface area contributed by atoms with Crippen LogP contribution in [0.25, 0.3) is 0 Å². The molecule has 0 N–H and O–H groups in total. The van der Waals surface area contributed by atoms with Gasteiger partial charge in [0.2, 0.25) is 0 Å². The van der Waals surface area contributed by atoms with Gasteiger partial charge in [-0.2, -0.15) is 0 Å². The number of esters is 1. The molecule has 2 amide bonds. The Kier molecular flexibility index (Phi) is 3.91. The van der Waals surface area contributed by atoms with Crippen molar-refractivity contribution in [1.82, 2.24) is 9.80 Å². The van der Waals surface area contributed by atoms with E-state index in [1.54, 1.807) is 23.3 Å². The van der Waals surface area contributed by atoms with Gasteiger partial charge in [-0.05, 0) is 22.0 Å². The zero-order chi connectivity index (χ0) is 13.3. The van der Waals surface area contributed by atoms with Crippen LogP contribution in [0.3, 0.4) is 0 Å². The van der Waals surface area contributed by atoms with Gasteiger partial charge in [0.1, 0.15) is 6.54 Å². The van der Waals surface area contributed by atoms with Crippen LogP contribution >= 0.6 is 27.3 Å². The van der Waals surface area contributed by atoms with Gasteiger partial charge in [-0.3, -0.25) is 4.79 Å². The lowest BCUT2D eigenvalue weighted by molar-refractivity contribution is -0.141. The predicted molar refractivity (Wildman–Crippen MR) is 71.5 cm³/mol. The summed E-state index contributed by atoms with van der Waals surface area (Å²) in [7, 11) is 3.07. The Morgan fingerprint density at radius 1 is 1.67 bits per heavy atom. The number of hydrogen-bond donors (Lipinski definition) is 0. The summed E-state index contributed by atoms with van der Waals surface area (Å²) in [6.45, 7) is 0.514. The van der Waals surface area contributed by atoms with E-state index in [0.29, 0.717) is 6.54 Å². The average molecular weight is 333 g/mol. The Balaban J connectivity index is 2.12. The highest BCUT2D eigenvalue weighted by atomic mass is 79.9. The number of methoxy groups -OCH3 is 1. The van der Waals surface area contributed by atoms with E-state index >= 15 is 0 Å². The first-order valence-corrected chi connectivity index (χ1v) is 7.02. The number of nitrogens with zero attached hydrogens (tertiary/aromatic N) is 2. The molecule has 0 radical (unpaired) electrons. The van der Waals surface area contributed by atoms with E-state index in [4.69, 9.17) is 0 Å². The first-order valence-electron chi connectivity index (χ1n) is 5.35. The third kappa shape index (κ3) is 2.51. The molecule has 0 spiro atoms. The van der Waals surface area contributed by atoms with Crippen molar-refractivity contribution >= 4 is 39.3 Å². The summed E-state index contributed by atoms with van der Waals surface area (Å²) >= 11 is 5.00. The van der Waals surface area contributed by atoms with E-state index in [0.717, 1.165) is 9.35 Å². The van der Waals surface area contributed by atoms with E-state index in [2.05, 4.69) is 20.7 Å². The Morgan fingerprint density at radius 2 is 2.39 bits per heavy atom. The number of ether oxygens (including phenoxy) is 1. The summed E-state index contributed by atoms with van der Waals surface area (Å²) in [6, 6.07) is 1.86. The number of rotatable bonds is 3. The van der Waals surface area contributed by atoms with Crippen LogP contribution in [-0.2, 0) is 9.53 Å². The number of likely N-dealkylation sites (N-methyl/N-ethyl adjacent to an activating group) is 1. The van der Waals surface area contributed by atoms with Gasteiger partial charge in [0.05, 0.1) is 13.2 Å². The molecule has 7 heteroatoms. The maximum Gasteiger partial charge on any atom is 0.325 e. The third-order valence-corrected chi connectivity index (χ3v) is 4.69. The summed E-state index contributed by atoms with van der Waals surface area (Å²) in [5.74, 6) is -0.398. The molecule has 1 fully saturated rings. The summed E-state index contributed by atoms with van der Waals surface area (Å²) in [6.07, 6.45) is 0. The van der Waals surface area contributed by atoms with E-state index in [-0.39, 0.29) is 18.6 Å². The fourth-order valence-electron chi connectivity index (χ4n) is 1.90. The normalized spacial score (nSPS) is 19.5. The number of urea groups is 1. The van der Waals surface area contributed by atoms with Crippen LogP contribution in [0.1, 0.15) is 10.9 Å². The van der Waals surface area contributed by atoms with Gasteiger partial charge >= 0.3 is 12.0 Å². The first kappa shape index (κ1) is 13.4. The molecule has 2 heterocycles. The molecule has 1 atom stereocenters. The number of thiophene rings is 1. The average Bonchev–Trinajstić information content (AvgIpc) is 2.88. The largest absolute Gasteiger partial charge is 0.468 e. The Morgan fingerprint density at radius 3 is 2.94 bits per heavy atom. The minimum absolute atomic E-state index is 0.00143. The molecule has 1 aliphatic heterocycles. The van der Waals surface area contributed by atoms with E-state index in [1.165, 1.54) is 12.0 Å². The monoisotopic (exact) mass is 332 g/mol. The first-order chi connectivity index (χ1) is 8.52. The zero-order valence-corrected chi connectivity index (χ0v) is 12.5. The molecular formula is C11H13BrN2O3S. The molecule has 1 aromatic heterocycles. The summed E-state index contributed by atoms with van der Waals surface area (Å²) < 4.78 is 5.59. The van der Waals surface area contributed by atoms with Crippen LogP contribution in [0.4, 0.5) is 4.79 Å². The van der Waals surface area contributed by atoms with Crippen LogP contribution in [0.15, 0.2) is 15.9 Å². The molecule has 0 saturated carbocycles. The lowest BCUT2D eigenvalue weighted by Crippen LogP contribution is -2.34. The SMILES string of the molecule is COC(=O)CN1CC(c2cc(Br)cs2)N(C)C1=O. The molecule has 2 rings (SSSR count). The molecule has 0 aromatic carbocycles. The molecule has 5 nitrogen and oxygen atoms in total. The molecule has 98 valence electrons. The Hall–Kier alpha value is -1.08. The molecule has 1 saturated heterocycles. The highest BCUT2D eigenvalue weighted by molar-refractivity contribution is 9.10. The number of amides is 2. The minimum Gasteiger partial charge on any atom is -0.468 e. The molecule has 1 aliphatic rings. The number of halogens is 1. The van der Waals surface area contributed by atoms with Crippen molar-refractivity contribution in [1.29, 1.82) is 0 Å². The second kappa shape index (κ2) is 5.27. The maximum absolute atomic E-state index is 12.0. The van der Waals surface area contributed by atoms with Crippen molar-refractivity contribution < 1.29 is 14.3 Å². The van der Waals surface area contributed by atoms with Gasteiger partial charge in [-0.1, -0.05) is 0 Å². The fourth-order valence-corrected chi connectivity index (χ4v) is 3.48. The Labute approximate surface area is 117 Å². The second-order valence-electron chi connectivity index (χ2n) is 4.03. The molecular weight excluding hydrogens is 320 g/mol. The van der Waals surface area contributed by atoms with Crippen molar-refractivity contribution in [3.63, 3.8) is 0 Å². The van der Waals surface area contributed by atoms with Crippen molar-refractivity contribution in [2.24, 2.45) is 0 Å². The molecule has 1 aromatic rings. The van der Waals surface area contributed by atoms with Gasteiger partial charge in [0.25, 0.3) is 0 Å². The van der Waals surface area contributed by atoms with Crippen molar-refractivity contribution in [3.05, 3.63) is 20.8 Å². The summed E-state index contributed by atoms with van der Waals surface area (Å²) in [5.41, 5.74) is 0. The standard InChI is InChI=1S/C11H13BrN2O3S/c1-13-8(9-3-7(12)6-18-9)4-14(11(13)16)5-10(15)17-2/h3,6,8H,4-5H2,1-2H3. The maximum atomic E-state index is 12.0. The van der Waals surface area contributed by atoms with Gasteiger partial charge < -0.3 is 14.5 Å².